The summed E-state index contributed by atoms with van der Waals surface area (Å²) in [5.74, 6) is -0.879. The molecule has 0 aromatic heterocycles. The maximum atomic E-state index is 10.2. The number of benzene rings is 1. The van der Waals surface area contributed by atoms with Gasteiger partial charge in [0.05, 0.1) is 5.56 Å². The van der Waals surface area contributed by atoms with E-state index in [1.165, 1.54) is 27.9 Å². The van der Waals surface area contributed by atoms with Crippen molar-refractivity contribution in [3.8, 4) is 0 Å². The van der Waals surface area contributed by atoms with Crippen molar-refractivity contribution >= 4 is 33.9 Å². The van der Waals surface area contributed by atoms with E-state index in [1.807, 2.05) is 0 Å². The van der Waals surface area contributed by atoms with Gasteiger partial charge in [-0.1, -0.05) is 18.2 Å². The van der Waals surface area contributed by atoms with E-state index >= 15 is 0 Å². The first kappa shape index (κ1) is 13.7. The monoisotopic (exact) mass is 202 g/mol. The molecular formula is C11H15NaO2. The fraction of sp³-hybridized carbons (Fsp3) is 0.364. The Hall–Kier alpha value is -0.310. The van der Waals surface area contributed by atoms with Gasteiger partial charge < -0.3 is 5.11 Å². The SMILES string of the molecule is C[C](C)(C)[Na].O=C(O)c1ccccc1. The smallest absolute Gasteiger partial charge is 0.335 e. The summed E-state index contributed by atoms with van der Waals surface area (Å²) in [5.41, 5.74) is 0.331. The van der Waals surface area contributed by atoms with Crippen LogP contribution in [-0.2, 0) is 0 Å². The summed E-state index contributed by atoms with van der Waals surface area (Å²) in [4.78, 5) is 10.2. The van der Waals surface area contributed by atoms with Gasteiger partial charge in [0, 0.05) is 0 Å². The van der Waals surface area contributed by atoms with Crippen molar-refractivity contribution in [2.24, 2.45) is 0 Å². The van der Waals surface area contributed by atoms with E-state index in [2.05, 4.69) is 20.8 Å². The van der Waals surface area contributed by atoms with Crippen molar-refractivity contribution in [1.82, 2.24) is 0 Å². The molecule has 0 amide bonds. The summed E-state index contributed by atoms with van der Waals surface area (Å²) >= 11 is 1.31. The molecule has 1 aromatic carbocycles. The summed E-state index contributed by atoms with van der Waals surface area (Å²) in [5, 5.41) is 8.38. The van der Waals surface area contributed by atoms with Gasteiger partial charge >= 0.3 is 57.3 Å². The molecule has 0 saturated carbocycles. The number of hydrogen-bond acceptors (Lipinski definition) is 1. The van der Waals surface area contributed by atoms with Crippen LogP contribution in [0.2, 0.25) is 2.66 Å². The van der Waals surface area contributed by atoms with Gasteiger partial charge in [-0.25, -0.2) is 4.79 Å². The Labute approximate surface area is 103 Å². The molecule has 0 unspecified atom stereocenters. The first-order valence-corrected chi connectivity index (χ1v) is 5.59. The van der Waals surface area contributed by atoms with Crippen molar-refractivity contribution in [2.75, 3.05) is 0 Å². The average molecular weight is 202 g/mol. The Balaban J connectivity index is 0.000000292. The minimum Gasteiger partial charge on any atom is -0.478 e. The Morgan fingerprint density at radius 1 is 1.21 bits per heavy atom. The van der Waals surface area contributed by atoms with E-state index in [4.69, 9.17) is 5.11 Å². The molecule has 0 radical (unpaired) electrons. The number of carboxylic acids is 1. The fourth-order valence-corrected chi connectivity index (χ4v) is 0.581. The summed E-state index contributed by atoms with van der Waals surface area (Å²) in [6.45, 7) is 6.75. The fourth-order valence-electron chi connectivity index (χ4n) is 0.581. The molecule has 2 nitrogen and oxygen atoms in total. The van der Waals surface area contributed by atoms with Gasteiger partial charge in [-0.05, 0) is 12.1 Å². The molecule has 3 heteroatoms. The zero-order valence-corrected chi connectivity index (χ0v) is 11.2. The zero-order valence-electron chi connectivity index (χ0n) is 9.24. The van der Waals surface area contributed by atoms with Crippen LogP contribution < -0.4 is 0 Å². The van der Waals surface area contributed by atoms with Crippen LogP contribution in [-0.4, -0.2) is 39.0 Å². The molecular weight excluding hydrogens is 187 g/mol. The van der Waals surface area contributed by atoms with Crippen LogP contribution in [0.5, 0.6) is 0 Å². The first-order valence-electron chi connectivity index (χ1n) is 4.59. The minimum absolute atomic E-state index is 0.331. The van der Waals surface area contributed by atoms with Crippen LogP contribution in [0.15, 0.2) is 30.3 Å². The second-order valence-corrected chi connectivity index (χ2v) is 7.67. The third-order valence-electron chi connectivity index (χ3n) is 1.02. The molecule has 0 aliphatic rings. The topological polar surface area (TPSA) is 37.3 Å². The van der Waals surface area contributed by atoms with Crippen molar-refractivity contribution in [3.05, 3.63) is 35.9 Å². The van der Waals surface area contributed by atoms with Crippen molar-refractivity contribution in [1.29, 1.82) is 0 Å². The molecule has 1 rings (SSSR count). The molecule has 0 aliphatic heterocycles. The van der Waals surface area contributed by atoms with Crippen LogP contribution in [0.4, 0.5) is 0 Å². The molecule has 0 heterocycles. The number of carbonyl (C=O) groups is 1. The molecule has 1 aromatic rings. The Morgan fingerprint density at radius 2 is 1.57 bits per heavy atom. The Bertz CT molecular complexity index is 269. The van der Waals surface area contributed by atoms with Crippen LogP contribution in [0.3, 0.4) is 0 Å². The molecule has 0 saturated heterocycles. The summed E-state index contributed by atoms with van der Waals surface area (Å²) < 4.78 is 0.639. The van der Waals surface area contributed by atoms with E-state index in [1.54, 1.807) is 30.3 Å². The van der Waals surface area contributed by atoms with Gasteiger partial charge in [-0.3, -0.25) is 0 Å². The number of carboxylic acid groups (broad SMARTS) is 1. The summed E-state index contributed by atoms with van der Waals surface area (Å²) in [6.07, 6.45) is 0. The number of aromatic carboxylic acids is 1. The third-order valence-corrected chi connectivity index (χ3v) is 1.02. The normalized spacial score (nSPS) is 10.1. The van der Waals surface area contributed by atoms with E-state index < -0.39 is 5.97 Å². The van der Waals surface area contributed by atoms with Crippen LogP contribution >= 0.6 is 0 Å². The van der Waals surface area contributed by atoms with Gasteiger partial charge in [-0.15, -0.1) is 0 Å². The van der Waals surface area contributed by atoms with Gasteiger partial charge in [0.25, 0.3) is 0 Å². The second kappa shape index (κ2) is 6.23. The van der Waals surface area contributed by atoms with E-state index in [0.717, 1.165) is 0 Å². The summed E-state index contributed by atoms with van der Waals surface area (Å²) in [6, 6.07) is 8.30. The third kappa shape index (κ3) is 9.78. The van der Waals surface area contributed by atoms with Gasteiger partial charge in [0.15, 0.2) is 0 Å². The average Bonchev–Trinajstić information content (AvgIpc) is 2.03. The minimum atomic E-state index is -0.879. The maximum Gasteiger partial charge on any atom is 0.335 e. The first-order chi connectivity index (χ1) is 6.30. The molecule has 72 valence electrons. The Kier molecular flexibility index (Phi) is 6.09. The number of rotatable bonds is 1. The predicted molar refractivity (Wildman–Crippen MR) is 58.9 cm³/mol. The standard InChI is InChI=1S/C7H6O2.C4H9.Na/c8-7(9)6-4-2-1-3-5-6;1-4(2)3;/h1-5H,(H,8,9);1-3H3;. The number of hydrogen-bond donors (Lipinski definition) is 1. The molecule has 0 aliphatic carbocycles. The maximum absolute atomic E-state index is 10.2. The quantitative estimate of drug-likeness (QED) is 0.711. The molecule has 0 fully saturated rings. The Morgan fingerprint density at radius 3 is 1.79 bits per heavy atom. The van der Waals surface area contributed by atoms with Crippen molar-refractivity contribution < 1.29 is 9.90 Å². The van der Waals surface area contributed by atoms with Gasteiger partial charge in [-0.2, -0.15) is 0 Å². The summed E-state index contributed by atoms with van der Waals surface area (Å²) in [7, 11) is 0. The van der Waals surface area contributed by atoms with Gasteiger partial charge in [0.1, 0.15) is 0 Å². The van der Waals surface area contributed by atoms with Crippen molar-refractivity contribution in [3.63, 3.8) is 0 Å². The molecule has 1 N–H and O–H groups in total. The van der Waals surface area contributed by atoms with Gasteiger partial charge in [0.2, 0.25) is 0 Å². The molecule has 0 atom stereocenters. The zero-order chi connectivity index (χ0) is 11.2. The van der Waals surface area contributed by atoms with E-state index in [0.29, 0.717) is 8.23 Å². The molecule has 0 spiro atoms. The molecule has 0 bridgehead atoms. The van der Waals surface area contributed by atoms with Crippen LogP contribution in [0.25, 0.3) is 0 Å². The predicted octanol–water partition coefficient (Wildman–Crippen LogP) is 2.76. The van der Waals surface area contributed by atoms with Crippen LogP contribution in [0.1, 0.15) is 31.1 Å². The van der Waals surface area contributed by atoms with Crippen molar-refractivity contribution in [2.45, 2.75) is 23.4 Å². The van der Waals surface area contributed by atoms with E-state index in [-0.39, 0.29) is 0 Å². The van der Waals surface area contributed by atoms with Crippen LogP contribution in [0, 0.1) is 0 Å². The molecule has 14 heavy (non-hydrogen) atoms. The second-order valence-electron chi connectivity index (χ2n) is 4.67. The van der Waals surface area contributed by atoms with E-state index in [9.17, 15) is 4.79 Å². The largest absolute Gasteiger partial charge is 0.478 e.